The molecule has 0 unspecified atom stereocenters. The van der Waals surface area contributed by atoms with Crippen LogP contribution < -0.4 is 9.47 Å². The Morgan fingerprint density at radius 2 is 1.24 bits per heavy atom. The van der Waals surface area contributed by atoms with Crippen molar-refractivity contribution in [3.8, 4) is 11.5 Å². The zero-order chi connectivity index (χ0) is 24.6. The first-order valence-corrected chi connectivity index (χ1v) is 12.2. The molecule has 1 fully saturated rings. The van der Waals surface area contributed by atoms with E-state index in [-0.39, 0.29) is 11.3 Å². The highest BCUT2D eigenvalue weighted by atomic mass is 19.4. The van der Waals surface area contributed by atoms with Crippen LogP contribution in [0.3, 0.4) is 0 Å². The quantitative estimate of drug-likeness (QED) is 0.234. The highest BCUT2D eigenvalue weighted by Gasteiger charge is 2.35. The van der Waals surface area contributed by atoms with Gasteiger partial charge in [0.2, 0.25) is 0 Å². The van der Waals surface area contributed by atoms with Gasteiger partial charge >= 0.3 is 12.5 Å². The number of ether oxygens (including phenoxy) is 2. The molecule has 0 aliphatic heterocycles. The third-order valence-corrected chi connectivity index (χ3v) is 6.62. The van der Waals surface area contributed by atoms with Crippen molar-refractivity contribution in [2.24, 2.45) is 11.8 Å². The first-order chi connectivity index (χ1) is 16.1. The maximum Gasteiger partial charge on any atom is 0.573 e. The van der Waals surface area contributed by atoms with Crippen LogP contribution in [0.5, 0.6) is 11.5 Å². The van der Waals surface area contributed by atoms with Gasteiger partial charge in [0, 0.05) is 0 Å². The smallest absolute Gasteiger partial charge is 0.429 e. The van der Waals surface area contributed by atoms with Crippen molar-refractivity contribution in [3.05, 3.63) is 59.7 Å². The predicted octanol–water partition coefficient (Wildman–Crippen LogP) is 9.03. The molecule has 0 spiro atoms. The van der Waals surface area contributed by atoms with Crippen molar-refractivity contribution in [3.63, 3.8) is 0 Å². The largest absolute Gasteiger partial charge is 0.573 e. The Labute approximate surface area is 198 Å². The Morgan fingerprint density at radius 1 is 0.706 bits per heavy atom. The summed E-state index contributed by atoms with van der Waals surface area (Å²) < 4.78 is 74.2. The maximum absolute atomic E-state index is 14.5. The zero-order valence-electron chi connectivity index (χ0n) is 19.6. The number of hydrogen-bond acceptors (Lipinski definition) is 2. The third kappa shape index (κ3) is 8.48. The van der Waals surface area contributed by atoms with E-state index in [9.17, 15) is 22.0 Å². The molecule has 0 saturated heterocycles. The molecular weight excluding hydrogens is 451 g/mol. The molecular formula is C27H33F5O2. The molecule has 0 N–H and O–H groups in total. The summed E-state index contributed by atoms with van der Waals surface area (Å²) >= 11 is 0. The molecule has 2 aromatic carbocycles. The lowest BCUT2D eigenvalue weighted by Gasteiger charge is -2.28. The van der Waals surface area contributed by atoms with E-state index in [1.807, 2.05) is 0 Å². The molecule has 188 valence electrons. The number of unbranched alkanes of at least 4 members (excludes halogenated alkanes) is 2. The van der Waals surface area contributed by atoms with Gasteiger partial charge in [-0.25, -0.2) is 0 Å². The van der Waals surface area contributed by atoms with E-state index >= 15 is 0 Å². The minimum absolute atomic E-state index is 0.256. The Balaban J connectivity index is 1.46. The van der Waals surface area contributed by atoms with Gasteiger partial charge in [-0.3, -0.25) is 0 Å². The van der Waals surface area contributed by atoms with Crippen LogP contribution in [0.25, 0.3) is 0 Å². The number of benzene rings is 2. The monoisotopic (exact) mass is 484 g/mol. The SMILES string of the molecule is CCCCCC1CCC(CCc2ccc(C(F)(F)Oc3ccc(OC(F)(F)F)cc3)cc2)CC1. The number of halogens is 5. The van der Waals surface area contributed by atoms with E-state index in [4.69, 9.17) is 4.74 Å². The second kappa shape index (κ2) is 11.9. The minimum Gasteiger partial charge on any atom is -0.429 e. The Hall–Kier alpha value is -2.31. The average molecular weight is 485 g/mol. The second-order valence-corrected chi connectivity index (χ2v) is 9.26. The van der Waals surface area contributed by atoms with Gasteiger partial charge in [-0.1, -0.05) is 70.4 Å². The van der Waals surface area contributed by atoms with Crippen molar-refractivity contribution in [2.75, 3.05) is 0 Å². The molecule has 1 aliphatic rings. The van der Waals surface area contributed by atoms with Crippen LogP contribution >= 0.6 is 0 Å². The van der Waals surface area contributed by atoms with Gasteiger partial charge in [0.25, 0.3) is 0 Å². The lowest BCUT2D eigenvalue weighted by Crippen LogP contribution is -2.22. The first kappa shape index (κ1) is 26.3. The van der Waals surface area contributed by atoms with Crippen molar-refractivity contribution < 1.29 is 31.4 Å². The summed E-state index contributed by atoms with van der Waals surface area (Å²) in [6.07, 6.45) is 3.88. The van der Waals surface area contributed by atoms with Crippen molar-refractivity contribution in [1.29, 1.82) is 0 Å². The van der Waals surface area contributed by atoms with Crippen LogP contribution in [0, 0.1) is 11.8 Å². The van der Waals surface area contributed by atoms with Crippen LogP contribution in [0.1, 0.15) is 75.8 Å². The van der Waals surface area contributed by atoms with Gasteiger partial charge in [0.1, 0.15) is 11.5 Å². The van der Waals surface area contributed by atoms with Crippen molar-refractivity contribution >= 4 is 0 Å². The summed E-state index contributed by atoms with van der Waals surface area (Å²) in [6.45, 7) is 2.23. The fraction of sp³-hybridized carbons (Fsp3) is 0.556. The standard InChI is InChI=1S/C27H33F5O2/c1-2-3-4-5-20-6-8-21(9-7-20)10-11-22-12-14-23(15-13-22)26(28,29)33-24-16-18-25(19-17-24)34-27(30,31)32/h12-21H,2-11H2,1H3. The lowest BCUT2D eigenvalue weighted by atomic mass is 9.78. The van der Waals surface area contributed by atoms with Crippen LogP contribution in [0.15, 0.2) is 48.5 Å². The van der Waals surface area contributed by atoms with Gasteiger partial charge < -0.3 is 9.47 Å². The van der Waals surface area contributed by atoms with Crippen LogP contribution in [0.2, 0.25) is 0 Å². The summed E-state index contributed by atoms with van der Waals surface area (Å²) in [4.78, 5) is 0. The molecule has 34 heavy (non-hydrogen) atoms. The molecule has 2 nitrogen and oxygen atoms in total. The molecule has 3 rings (SSSR count). The average Bonchev–Trinajstić information content (AvgIpc) is 2.79. The molecule has 7 heteroatoms. The fourth-order valence-electron chi connectivity index (χ4n) is 4.64. The molecule has 1 aliphatic carbocycles. The van der Waals surface area contributed by atoms with E-state index in [0.29, 0.717) is 5.92 Å². The van der Waals surface area contributed by atoms with Gasteiger partial charge in [0.15, 0.2) is 0 Å². The van der Waals surface area contributed by atoms with Crippen molar-refractivity contribution in [1.82, 2.24) is 0 Å². The number of alkyl halides is 5. The highest BCUT2D eigenvalue weighted by Crippen LogP contribution is 2.35. The number of rotatable bonds is 11. The third-order valence-electron chi connectivity index (χ3n) is 6.62. The molecule has 0 amide bonds. The van der Waals surface area contributed by atoms with Gasteiger partial charge in [-0.2, -0.15) is 8.78 Å². The highest BCUT2D eigenvalue weighted by molar-refractivity contribution is 5.33. The van der Waals surface area contributed by atoms with Gasteiger partial charge in [-0.15, -0.1) is 13.2 Å². The summed E-state index contributed by atoms with van der Waals surface area (Å²) in [5.74, 6) is 0.820. The molecule has 0 heterocycles. The van der Waals surface area contributed by atoms with E-state index in [0.717, 1.165) is 48.6 Å². The second-order valence-electron chi connectivity index (χ2n) is 9.26. The lowest BCUT2D eigenvalue weighted by molar-refractivity contribution is -0.274. The zero-order valence-corrected chi connectivity index (χ0v) is 19.6. The summed E-state index contributed by atoms with van der Waals surface area (Å²) in [7, 11) is 0. The van der Waals surface area contributed by atoms with Gasteiger partial charge in [-0.05, 0) is 66.6 Å². The van der Waals surface area contributed by atoms with Crippen LogP contribution in [-0.2, 0) is 12.5 Å². The topological polar surface area (TPSA) is 18.5 Å². The number of hydrogen-bond donors (Lipinski definition) is 0. The van der Waals surface area contributed by atoms with Crippen molar-refractivity contribution in [2.45, 2.75) is 83.6 Å². The van der Waals surface area contributed by atoms with E-state index in [2.05, 4.69) is 11.7 Å². The van der Waals surface area contributed by atoms with Crippen LogP contribution in [0.4, 0.5) is 22.0 Å². The van der Waals surface area contributed by atoms with Crippen LogP contribution in [-0.4, -0.2) is 6.36 Å². The molecule has 0 bridgehead atoms. The maximum atomic E-state index is 14.5. The first-order valence-electron chi connectivity index (χ1n) is 12.2. The predicted molar refractivity (Wildman–Crippen MR) is 122 cm³/mol. The van der Waals surface area contributed by atoms with E-state index < -0.39 is 18.2 Å². The molecule has 1 saturated carbocycles. The summed E-state index contributed by atoms with van der Waals surface area (Å²) in [5.41, 5.74) is 0.706. The summed E-state index contributed by atoms with van der Waals surface area (Å²) in [5, 5.41) is 0. The molecule has 0 radical (unpaired) electrons. The fourth-order valence-corrected chi connectivity index (χ4v) is 4.64. The molecule has 0 aromatic heterocycles. The molecule has 2 aromatic rings. The Morgan fingerprint density at radius 3 is 1.76 bits per heavy atom. The minimum atomic E-state index is -4.85. The van der Waals surface area contributed by atoms with Gasteiger partial charge in [0.05, 0.1) is 5.56 Å². The van der Waals surface area contributed by atoms with E-state index in [1.165, 1.54) is 63.5 Å². The normalized spacial score (nSPS) is 19.1. The Kier molecular flexibility index (Phi) is 9.20. The van der Waals surface area contributed by atoms with E-state index in [1.54, 1.807) is 12.1 Å². The summed E-state index contributed by atoms with van der Waals surface area (Å²) in [6, 6.07) is 9.99. The molecule has 0 atom stereocenters. The number of aryl methyl sites for hydroxylation is 1. The Bertz CT molecular complexity index is 854.